The number of benzene rings is 2. The summed E-state index contributed by atoms with van der Waals surface area (Å²) in [5, 5.41) is 0. The van der Waals surface area contributed by atoms with Crippen LogP contribution < -0.4 is 9.54 Å². The Morgan fingerprint density at radius 3 is 2.77 bits per heavy atom. The largest absolute Gasteiger partial charge is 0.492 e. The van der Waals surface area contributed by atoms with Crippen molar-refractivity contribution in [2.45, 2.75) is 24.7 Å². The third kappa shape index (κ3) is 4.56. The molecule has 0 aliphatic rings. The summed E-state index contributed by atoms with van der Waals surface area (Å²) in [4.78, 5) is 18.5. The van der Waals surface area contributed by atoms with E-state index in [9.17, 15) is 4.79 Å². The number of carbonyl (C=O) groups excluding carboxylic acids is 1. The Kier molecular flexibility index (Phi) is 6.52. The van der Waals surface area contributed by atoms with Crippen molar-refractivity contribution in [3.8, 4) is 5.75 Å². The fraction of sp³-hybridized carbons (Fsp3) is 0.300. The van der Waals surface area contributed by atoms with Crippen LogP contribution in [0.2, 0.25) is 0 Å². The summed E-state index contributed by atoms with van der Waals surface area (Å²) in [6.07, 6.45) is 1.28. The molecule has 3 rings (SSSR count). The van der Waals surface area contributed by atoms with E-state index in [1.165, 1.54) is 16.2 Å². The van der Waals surface area contributed by atoms with Crippen LogP contribution in [0.25, 0.3) is 10.2 Å². The fourth-order valence-corrected chi connectivity index (χ4v) is 4.57. The van der Waals surface area contributed by atoms with Crippen LogP contribution in [0, 0.1) is 0 Å². The first-order valence-corrected chi connectivity index (χ1v) is 10.5. The molecule has 3 aromatic rings. The molecule has 26 heavy (non-hydrogen) atoms. The van der Waals surface area contributed by atoms with E-state index in [0.29, 0.717) is 17.8 Å². The summed E-state index contributed by atoms with van der Waals surface area (Å²) in [6.45, 7) is 2.58. The molecule has 2 aromatic carbocycles. The number of hydrogen-bond donors (Lipinski definition) is 0. The Balaban J connectivity index is 1.66. The topological polar surface area (TPSA) is 43.6 Å². The quantitative estimate of drug-likeness (QED) is 0.439. The molecule has 1 amide bonds. The normalized spacial score (nSPS) is 11.8. The number of rotatable bonds is 7. The van der Waals surface area contributed by atoms with Crippen molar-refractivity contribution >= 4 is 39.2 Å². The van der Waals surface area contributed by atoms with Crippen molar-refractivity contribution in [3.63, 3.8) is 0 Å². The molecule has 1 aromatic heterocycles. The number of hydrogen-bond acceptors (Lipinski definition) is 4. The molecule has 0 atom stereocenters. The maximum atomic E-state index is 12.2. The first kappa shape index (κ1) is 18.7. The second-order valence-electron chi connectivity index (χ2n) is 5.75. The lowest BCUT2D eigenvalue weighted by molar-refractivity contribution is -0.118. The molecule has 0 unspecified atom stereocenters. The zero-order chi connectivity index (χ0) is 18.4. The van der Waals surface area contributed by atoms with Gasteiger partial charge in [0.1, 0.15) is 11.3 Å². The van der Waals surface area contributed by atoms with Gasteiger partial charge < -0.3 is 9.30 Å². The minimum absolute atomic E-state index is 0.0706. The van der Waals surface area contributed by atoms with Crippen LogP contribution in [0.1, 0.15) is 19.8 Å². The number of nitrogens with zero attached hydrogens (tertiary/aromatic N) is 2. The van der Waals surface area contributed by atoms with Gasteiger partial charge in [-0.1, -0.05) is 35.6 Å². The van der Waals surface area contributed by atoms with Crippen LogP contribution in [0.15, 0.2) is 58.4 Å². The molecule has 0 N–H and O–H groups in total. The van der Waals surface area contributed by atoms with Crippen LogP contribution in [-0.2, 0) is 11.8 Å². The van der Waals surface area contributed by atoms with E-state index in [0.717, 1.165) is 28.1 Å². The van der Waals surface area contributed by atoms with Crippen molar-refractivity contribution in [3.05, 3.63) is 53.3 Å². The molecule has 0 saturated heterocycles. The highest BCUT2D eigenvalue weighted by Crippen LogP contribution is 2.26. The number of ether oxygens (including phenoxy) is 1. The number of amides is 1. The molecule has 136 valence electrons. The van der Waals surface area contributed by atoms with Crippen LogP contribution in [0.3, 0.4) is 0 Å². The van der Waals surface area contributed by atoms with Gasteiger partial charge in [-0.3, -0.25) is 4.79 Å². The van der Waals surface area contributed by atoms with Crippen molar-refractivity contribution in [1.82, 2.24) is 4.57 Å². The Labute approximate surface area is 161 Å². The van der Waals surface area contributed by atoms with Crippen LogP contribution >= 0.6 is 23.1 Å². The summed E-state index contributed by atoms with van der Waals surface area (Å²) in [5.74, 6) is 1.67. The first-order chi connectivity index (χ1) is 12.7. The standard InChI is InChI=1S/C20H22N2O2S2/c1-3-24-16-11-7-12-17-19(16)22(2)20(26-17)21-18(23)13-8-14-25-15-9-5-4-6-10-15/h4-7,9-12H,3,8,13-14H2,1-2H3. The van der Waals surface area contributed by atoms with Gasteiger partial charge in [0.15, 0.2) is 4.80 Å². The second kappa shape index (κ2) is 9.05. The summed E-state index contributed by atoms with van der Waals surface area (Å²) >= 11 is 3.29. The minimum atomic E-state index is -0.0706. The molecule has 0 fully saturated rings. The number of thioether (sulfide) groups is 1. The smallest absolute Gasteiger partial charge is 0.248 e. The number of para-hydroxylation sites is 1. The zero-order valence-corrected chi connectivity index (χ0v) is 16.6. The van der Waals surface area contributed by atoms with Gasteiger partial charge in [-0.15, -0.1) is 11.8 Å². The maximum absolute atomic E-state index is 12.2. The number of thiazole rings is 1. The lowest BCUT2D eigenvalue weighted by Gasteiger charge is -2.05. The predicted octanol–water partition coefficient (Wildman–Crippen LogP) is 4.64. The summed E-state index contributed by atoms with van der Waals surface area (Å²) in [6, 6.07) is 16.2. The van der Waals surface area contributed by atoms with Gasteiger partial charge in [-0.05, 0) is 43.4 Å². The van der Waals surface area contributed by atoms with Crippen molar-refractivity contribution in [2.75, 3.05) is 12.4 Å². The van der Waals surface area contributed by atoms with E-state index >= 15 is 0 Å². The fourth-order valence-electron chi connectivity index (χ4n) is 2.64. The van der Waals surface area contributed by atoms with E-state index in [-0.39, 0.29) is 5.91 Å². The number of carbonyl (C=O) groups is 1. The first-order valence-electron chi connectivity index (χ1n) is 8.65. The molecule has 0 aliphatic heterocycles. The third-order valence-electron chi connectivity index (χ3n) is 3.85. The van der Waals surface area contributed by atoms with E-state index in [1.807, 2.05) is 54.9 Å². The Morgan fingerprint density at radius 2 is 2.00 bits per heavy atom. The average Bonchev–Trinajstić information content (AvgIpc) is 2.96. The van der Waals surface area contributed by atoms with Crippen molar-refractivity contribution in [1.29, 1.82) is 0 Å². The average molecular weight is 387 g/mol. The van der Waals surface area contributed by atoms with Gasteiger partial charge in [0.25, 0.3) is 0 Å². The number of fused-ring (bicyclic) bond motifs is 1. The van der Waals surface area contributed by atoms with Gasteiger partial charge in [0, 0.05) is 18.4 Å². The van der Waals surface area contributed by atoms with Crippen LogP contribution in [-0.4, -0.2) is 22.8 Å². The minimum Gasteiger partial charge on any atom is -0.492 e. The molecule has 1 heterocycles. The van der Waals surface area contributed by atoms with Crippen LogP contribution in [0.4, 0.5) is 0 Å². The van der Waals surface area contributed by atoms with Gasteiger partial charge in [-0.25, -0.2) is 0 Å². The number of aryl methyl sites for hydroxylation is 1. The van der Waals surface area contributed by atoms with Gasteiger partial charge in [-0.2, -0.15) is 4.99 Å². The monoisotopic (exact) mass is 386 g/mol. The van der Waals surface area contributed by atoms with Crippen LogP contribution in [0.5, 0.6) is 5.75 Å². The number of aromatic nitrogens is 1. The summed E-state index contributed by atoms with van der Waals surface area (Å²) in [7, 11) is 1.93. The molecular formula is C20H22N2O2S2. The highest BCUT2D eigenvalue weighted by Gasteiger charge is 2.10. The van der Waals surface area contributed by atoms with E-state index in [1.54, 1.807) is 11.8 Å². The molecule has 0 saturated carbocycles. The SMILES string of the molecule is CCOc1cccc2sc(=NC(=O)CCCSc3ccccc3)n(C)c12. The highest BCUT2D eigenvalue weighted by molar-refractivity contribution is 7.99. The second-order valence-corrected chi connectivity index (χ2v) is 7.93. The predicted molar refractivity (Wildman–Crippen MR) is 109 cm³/mol. The lowest BCUT2D eigenvalue weighted by Crippen LogP contribution is -2.13. The highest BCUT2D eigenvalue weighted by atomic mass is 32.2. The van der Waals surface area contributed by atoms with Gasteiger partial charge in [0.05, 0.1) is 11.3 Å². The lowest BCUT2D eigenvalue weighted by atomic mass is 10.3. The van der Waals surface area contributed by atoms with E-state index in [4.69, 9.17) is 4.74 Å². The molecule has 6 heteroatoms. The molecular weight excluding hydrogens is 364 g/mol. The maximum Gasteiger partial charge on any atom is 0.248 e. The van der Waals surface area contributed by atoms with Gasteiger partial charge >= 0.3 is 0 Å². The van der Waals surface area contributed by atoms with E-state index in [2.05, 4.69) is 17.1 Å². The molecule has 0 aliphatic carbocycles. The third-order valence-corrected chi connectivity index (χ3v) is 6.05. The molecule has 0 spiro atoms. The van der Waals surface area contributed by atoms with Crippen molar-refractivity contribution < 1.29 is 9.53 Å². The van der Waals surface area contributed by atoms with E-state index < -0.39 is 0 Å². The summed E-state index contributed by atoms with van der Waals surface area (Å²) < 4.78 is 8.72. The summed E-state index contributed by atoms with van der Waals surface area (Å²) in [5.41, 5.74) is 0.991. The van der Waals surface area contributed by atoms with Crippen molar-refractivity contribution in [2.24, 2.45) is 12.0 Å². The Bertz CT molecular complexity index is 945. The molecule has 0 radical (unpaired) electrons. The zero-order valence-electron chi connectivity index (χ0n) is 15.0. The Hall–Kier alpha value is -2.05. The van der Waals surface area contributed by atoms with Gasteiger partial charge in [0.2, 0.25) is 5.91 Å². The molecule has 0 bridgehead atoms. The molecule has 4 nitrogen and oxygen atoms in total. The Morgan fingerprint density at radius 1 is 1.19 bits per heavy atom.